The van der Waals surface area contributed by atoms with Crippen LogP contribution in [0.5, 0.6) is 0 Å². The fourth-order valence-corrected chi connectivity index (χ4v) is 2.20. The van der Waals surface area contributed by atoms with Crippen molar-refractivity contribution in [3.8, 4) is 0 Å². The van der Waals surface area contributed by atoms with Crippen LogP contribution in [-0.2, 0) is 16.8 Å². The highest BCUT2D eigenvalue weighted by atomic mass is 16.5. The lowest BCUT2D eigenvalue weighted by atomic mass is 9.95. The molecule has 1 aromatic heterocycles. The third-order valence-corrected chi connectivity index (χ3v) is 3.55. The van der Waals surface area contributed by atoms with Crippen LogP contribution in [-0.4, -0.2) is 28.8 Å². The number of aromatic nitrogens is 2. The van der Waals surface area contributed by atoms with Gasteiger partial charge in [0.25, 0.3) is 5.56 Å². The lowest BCUT2D eigenvalue weighted by molar-refractivity contribution is -0.0295. The molecule has 0 atom stereocenters. The maximum absolute atomic E-state index is 12.0. The van der Waals surface area contributed by atoms with Gasteiger partial charge < -0.3 is 14.8 Å². The zero-order chi connectivity index (χ0) is 13.8. The number of methoxy groups -OCH3 is 1. The van der Waals surface area contributed by atoms with E-state index in [1.165, 1.54) is 0 Å². The Morgan fingerprint density at radius 2 is 2.00 bits per heavy atom. The molecule has 0 fully saturated rings. The monoisotopic (exact) mass is 254 g/mol. The minimum Gasteiger partial charge on any atom is -0.396 e. The first-order chi connectivity index (χ1) is 8.54. The van der Waals surface area contributed by atoms with Crippen LogP contribution in [0.3, 0.4) is 0 Å². The number of H-pyrrole nitrogens is 1. The Morgan fingerprint density at radius 1 is 1.39 bits per heavy atom. The molecule has 0 aromatic carbocycles. The van der Waals surface area contributed by atoms with Gasteiger partial charge in [-0.2, -0.15) is 0 Å². The third-order valence-electron chi connectivity index (χ3n) is 3.55. The standard InChI is InChI=1S/C13H22N2O3/c1-5-13(6-2,18-4)12-14-9(3)10(7-8-16)11(17)15-12/h16H,5-8H2,1-4H3,(H,14,15,17). The van der Waals surface area contributed by atoms with E-state index in [4.69, 9.17) is 9.84 Å². The van der Waals surface area contributed by atoms with Crippen LogP contribution in [0.15, 0.2) is 4.79 Å². The summed E-state index contributed by atoms with van der Waals surface area (Å²) >= 11 is 0. The van der Waals surface area contributed by atoms with Gasteiger partial charge in [0.1, 0.15) is 11.4 Å². The Hall–Kier alpha value is -1.20. The van der Waals surface area contributed by atoms with Crippen LogP contribution in [0, 0.1) is 6.92 Å². The summed E-state index contributed by atoms with van der Waals surface area (Å²) in [4.78, 5) is 19.2. The fourth-order valence-electron chi connectivity index (χ4n) is 2.20. The van der Waals surface area contributed by atoms with Crippen molar-refractivity contribution in [2.75, 3.05) is 13.7 Å². The lowest BCUT2D eigenvalue weighted by Gasteiger charge is -2.29. The number of nitrogens with zero attached hydrogens (tertiary/aromatic N) is 1. The van der Waals surface area contributed by atoms with Crippen LogP contribution in [0.4, 0.5) is 0 Å². The minimum atomic E-state index is -0.540. The molecular weight excluding hydrogens is 232 g/mol. The number of ether oxygens (including phenoxy) is 1. The van der Waals surface area contributed by atoms with Crippen molar-refractivity contribution in [1.29, 1.82) is 0 Å². The first-order valence-electron chi connectivity index (χ1n) is 6.30. The second-order valence-corrected chi connectivity index (χ2v) is 4.36. The molecule has 0 unspecified atom stereocenters. The number of hydrogen-bond acceptors (Lipinski definition) is 4. The molecule has 1 heterocycles. The second kappa shape index (κ2) is 6.11. The van der Waals surface area contributed by atoms with Gasteiger partial charge in [-0.1, -0.05) is 13.8 Å². The van der Waals surface area contributed by atoms with E-state index >= 15 is 0 Å². The Bertz CT molecular complexity index is 442. The van der Waals surface area contributed by atoms with E-state index in [1.807, 2.05) is 13.8 Å². The number of nitrogens with one attached hydrogen (secondary N) is 1. The van der Waals surface area contributed by atoms with Crippen molar-refractivity contribution >= 4 is 0 Å². The van der Waals surface area contributed by atoms with Gasteiger partial charge >= 0.3 is 0 Å². The van der Waals surface area contributed by atoms with Gasteiger partial charge in [-0.25, -0.2) is 4.98 Å². The van der Waals surface area contributed by atoms with Gasteiger partial charge in [0.15, 0.2) is 0 Å². The quantitative estimate of drug-likeness (QED) is 0.801. The number of aliphatic hydroxyl groups excluding tert-OH is 1. The largest absolute Gasteiger partial charge is 0.396 e. The normalized spacial score (nSPS) is 11.8. The Morgan fingerprint density at radius 3 is 2.39 bits per heavy atom. The van der Waals surface area contributed by atoms with Crippen molar-refractivity contribution in [3.63, 3.8) is 0 Å². The van der Waals surface area contributed by atoms with Crippen LogP contribution in [0.25, 0.3) is 0 Å². The van der Waals surface area contributed by atoms with Crippen LogP contribution in [0.1, 0.15) is 43.8 Å². The van der Waals surface area contributed by atoms with Gasteiger partial charge in [0, 0.05) is 31.4 Å². The molecule has 2 N–H and O–H groups in total. The summed E-state index contributed by atoms with van der Waals surface area (Å²) in [7, 11) is 1.63. The van der Waals surface area contributed by atoms with E-state index in [0.29, 0.717) is 23.5 Å². The van der Waals surface area contributed by atoms with Crippen molar-refractivity contribution in [3.05, 3.63) is 27.4 Å². The van der Waals surface area contributed by atoms with Crippen LogP contribution < -0.4 is 5.56 Å². The summed E-state index contributed by atoms with van der Waals surface area (Å²) in [5, 5.41) is 8.93. The first-order valence-corrected chi connectivity index (χ1v) is 6.30. The van der Waals surface area contributed by atoms with E-state index in [0.717, 1.165) is 12.8 Å². The molecule has 0 aliphatic rings. The Kier molecular flexibility index (Phi) is 5.04. The zero-order valence-electron chi connectivity index (χ0n) is 11.5. The van der Waals surface area contributed by atoms with E-state index in [1.54, 1.807) is 14.0 Å². The number of hydrogen-bond donors (Lipinski definition) is 2. The predicted molar refractivity (Wildman–Crippen MR) is 69.7 cm³/mol. The lowest BCUT2D eigenvalue weighted by Crippen LogP contribution is -2.33. The van der Waals surface area contributed by atoms with Gasteiger partial charge in [-0.05, 0) is 19.8 Å². The summed E-state index contributed by atoms with van der Waals surface area (Å²) < 4.78 is 5.55. The van der Waals surface area contributed by atoms with E-state index in [9.17, 15) is 4.79 Å². The SMILES string of the molecule is CCC(CC)(OC)c1nc(C)c(CCO)c(=O)[nH]1. The smallest absolute Gasteiger partial charge is 0.254 e. The molecule has 1 rings (SSSR count). The summed E-state index contributed by atoms with van der Waals surface area (Å²) in [5.41, 5.74) is 0.473. The zero-order valence-corrected chi connectivity index (χ0v) is 11.5. The topological polar surface area (TPSA) is 75.2 Å². The molecule has 0 spiro atoms. The first kappa shape index (κ1) is 14.9. The summed E-state index contributed by atoms with van der Waals surface area (Å²) in [6, 6.07) is 0. The summed E-state index contributed by atoms with van der Waals surface area (Å²) in [5.74, 6) is 0.569. The van der Waals surface area contributed by atoms with Gasteiger partial charge in [0.2, 0.25) is 0 Å². The highest BCUT2D eigenvalue weighted by Gasteiger charge is 2.31. The maximum atomic E-state index is 12.0. The molecular formula is C13H22N2O3. The summed E-state index contributed by atoms with van der Waals surface area (Å²) in [6.07, 6.45) is 1.80. The molecule has 0 aliphatic heterocycles. The van der Waals surface area contributed by atoms with Gasteiger partial charge in [0.05, 0.1) is 0 Å². The average Bonchev–Trinajstić information content (AvgIpc) is 2.37. The number of aromatic amines is 1. The third kappa shape index (κ3) is 2.62. The molecule has 0 amide bonds. The van der Waals surface area contributed by atoms with E-state index in [-0.39, 0.29) is 12.2 Å². The van der Waals surface area contributed by atoms with Crippen LogP contribution in [0.2, 0.25) is 0 Å². The maximum Gasteiger partial charge on any atom is 0.254 e. The van der Waals surface area contributed by atoms with Crippen molar-refractivity contribution in [1.82, 2.24) is 9.97 Å². The highest BCUT2D eigenvalue weighted by Crippen LogP contribution is 2.29. The van der Waals surface area contributed by atoms with Crippen molar-refractivity contribution in [2.24, 2.45) is 0 Å². The number of aliphatic hydroxyl groups is 1. The molecule has 18 heavy (non-hydrogen) atoms. The Balaban J connectivity index is 3.32. The minimum absolute atomic E-state index is 0.0536. The predicted octanol–water partition coefficient (Wildman–Crippen LogP) is 1.27. The molecule has 0 radical (unpaired) electrons. The van der Waals surface area contributed by atoms with E-state index < -0.39 is 5.60 Å². The molecule has 0 aliphatic carbocycles. The highest BCUT2D eigenvalue weighted by molar-refractivity contribution is 5.19. The molecule has 5 heteroatoms. The fraction of sp³-hybridized carbons (Fsp3) is 0.692. The summed E-state index contributed by atoms with van der Waals surface area (Å²) in [6.45, 7) is 5.74. The van der Waals surface area contributed by atoms with Gasteiger partial charge in [-0.3, -0.25) is 4.79 Å². The molecule has 0 saturated carbocycles. The molecule has 0 saturated heterocycles. The average molecular weight is 254 g/mol. The van der Waals surface area contributed by atoms with Gasteiger partial charge in [-0.15, -0.1) is 0 Å². The number of rotatable bonds is 6. The second-order valence-electron chi connectivity index (χ2n) is 4.36. The Labute approximate surface area is 107 Å². The van der Waals surface area contributed by atoms with E-state index in [2.05, 4.69) is 9.97 Å². The van der Waals surface area contributed by atoms with Crippen molar-refractivity contribution < 1.29 is 9.84 Å². The molecule has 1 aromatic rings. The molecule has 5 nitrogen and oxygen atoms in total. The molecule has 0 bridgehead atoms. The van der Waals surface area contributed by atoms with Crippen molar-refractivity contribution in [2.45, 2.75) is 45.6 Å². The molecule has 102 valence electrons. The number of aryl methyl sites for hydroxylation is 1. The van der Waals surface area contributed by atoms with Crippen LogP contribution >= 0.6 is 0 Å².